The number of aliphatic hydroxyl groups is 1. The predicted molar refractivity (Wildman–Crippen MR) is 103 cm³/mol. The molecule has 132 valence electrons. The van der Waals surface area contributed by atoms with Gasteiger partial charge in [-0.2, -0.15) is 4.98 Å². The van der Waals surface area contributed by atoms with Crippen molar-refractivity contribution in [1.29, 1.82) is 0 Å². The minimum absolute atomic E-state index is 0.00195. The molecular formula is C18H22ClN5O. The first-order valence-corrected chi connectivity index (χ1v) is 8.60. The second-order valence-corrected chi connectivity index (χ2v) is 5.34. The van der Waals surface area contributed by atoms with E-state index in [2.05, 4.69) is 25.6 Å². The summed E-state index contributed by atoms with van der Waals surface area (Å²) in [5.41, 5.74) is 2.43. The first-order chi connectivity index (χ1) is 12.3. The van der Waals surface area contributed by atoms with Gasteiger partial charge in [-0.25, -0.2) is 9.97 Å². The number of hydrogen-bond donors (Lipinski definition) is 3. The van der Waals surface area contributed by atoms with Gasteiger partial charge in [0.25, 0.3) is 0 Å². The highest BCUT2D eigenvalue weighted by Crippen LogP contribution is 2.23. The Balaban J connectivity index is 0.00000109. The van der Waals surface area contributed by atoms with Crippen LogP contribution < -0.4 is 10.6 Å². The Morgan fingerprint density at radius 1 is 1.08 bits per heavy atom. The summed E-state index contributed by atoms with van der Waals surface area (Å²) >= 11 is 6.00. The highest BCUT2D eigenvalue weighted by atomic mass is 35.5. The van der Waals surface area contributed by atoms with Crippen LogP contribution in [-0.2, 0) is 6.54 Å². The largest absolute Gasteiger partial charge is 0.395 e. The molecule has 0 radical (unpaired) electrons. The van der Waals surface area contributed by atoms with Crippen LogP contribution >= 0.6 is 11.6 Å². The molecule has 0 aliphatic rings. The zero-order valence-electron chi connectivity index (χ0n) is 14.3. The molecule has 7 heteroatoms. The van der Waals surface area contributed by atoms with Crippen molar-refractivity contribution in [1.82, 2.24) is 15.0 Å². The van der Waals surface area contributed by atoms with Gasteiger partial charge in [-0.3, -0.25) is 0 Å². The van der Waals surface area contributed by atoms with E-state index in [0.29, 0.717) is 40.9 Å². The predicted octanol–water partition coefficient (Wildman–Crippen LogP) is 3.72. The van der Waals surface area contributed by atoms with Crippen LogP contribution in [0.4, 0.5) is 11.8 Å². The van der Waals surface area contributed by atoms with Gasteiger partial charge < -0.3 is 15.7 Å². The number of anilines is 2. The van der Waals surface area contributed by atoms with Gasteiger partial charge >= 0.3 is 0 Å². The lowest BCUT2D eigenvalue weighted by atomic mass is 10.2. The standard InChI is InChI=1S/C16H16ClN5O.C2H6/c17-12-8-13-14(19-10-12)15(22-16(21-13)18-6-7-23)20-9-11-4-2-1-3-5-11;1-2/h1-5,8,10,23H,6-7,9H2,(H2,18,20,21,22);1-2H3. The second kappa shape index (κ2) is 9.76. The molecule has 0 saturated carbocycles. The van der Waals surface area contributed by atoms with Crippen molar-refractivity contribution in [3.05, 3.63) is 53.2 Å². The number of aromatic nitrogens is 3. The van der Waals surface area contributed by atoms with Crippen molar-refractivity contribution in [2.24, 2.45) is 0 Å². The molecule has 25 heavy (non-hydrogen) atoms. The van der Waals surface area contributed by atoms with Crippen LogP contribution in [0.3, 0.4) is 0 Å². The third-order valence-electron chi connectivity index (χ3n) is 3.20. The third kappa shape index (κ3) is 5.27. The maximum absolute atomic E-state index is 8.94. The third-order valence-corrected chi connectivity index (χ3v) is 3.41. The monoisotopic (exact) mass is 359 g/mol. The van der Waals surface area contributed by atoms with Gasteiger partial charge in [0.15, 0.2) is 5.82 Å². The van der Waals surface area contributed by atoms with Gasteiger partial charge in [-0.15, -0.1) is 0 Å². The summed E-state index contributed by atoms with van der Waals surface area (Å²) in [4.78, 5) is 13.1. The van der Waals surface area contributed by atoms with Crippen molar-refractivity contribution < 1.29 is 5.11 Å². The van der Waals surface area contributed by atoms with Crippen LogP contribution in [0.2, 0.25) is 5.02 Å². The smallest absolute Gasteiger partial charge is 0.225 e. The number of halogens is 1. The zero-order valence-corrected chi connectivity index (χ0v) is 15.1. The van der Waals surface area contributed by atoms with Crippen LogP contribution in [0.1, 0.15) is 19.4 Å². The number of benzene rings is 1. The lowest BCUT2D eigenvalue weighted by Gasteiger charge is -2.11. The highest BCUT2D eigenvalue weighted by Gasteiger charge is 2.09. The number of hydrogen-bond acceptors (Lipinski definition) is 6. The van der Waals surface area contributed by atoms with Gasteiger partial charge in [-0.1, -0.05) is 55.8 Å². The van der Waals surface area contributed by atoms with Crippen LogP contribution in [0, 0.1) is 0 Å². The Morgan fingerprint density at radius 3 is 2.56 bits per heavy atom. The summed E-state index contributed by atoms with van der Waals surface area (Å²) in [6.07, 6.45) is 1.57. The van der Waals surface area contributed by atoms with E-state index in [1.807, 2.05) is 44.2 Å². The number of rotatable bonds is 6. The molecule has 0 fully saturated rings. The van der Waals surface area contributed by atoms with E-state index in [1.165, 1.54) is 0 Å². The van der Waals surface area contributed by atoms with Crippen molar-refractivity contribution in [2.45, 2.75) is 20.4 Å². The lowest BCUT2D eigenvalue weighted by molar-refractivity contribution is 0.311. The molecular weight excluding hydrogens is 338 g/mol. The molecule has 0 spiro atoms. The van der Waals surface area contributed by atoms with E-state index in [4.69, 9.17) is 16.7 Å². The highest BCUT2D eigenvalue weighted by molar-refractivity contribution is 6.31. The number of fused-ring (bicyclic) bond motifs is 1. The van der Waals surface area contributed by atoms with Crippen molar-refractivity contribution >= 4 is 34.4 Å². The molecule has 3 rings (SSSR count). The van der Waals surface area contributed by atoms with Gasteiger partial charge in [-0.05, 0) is 11.6 Å². The van der Waals surface area contributed by atoms with Crippen LogP contribution in [0.15, 0.2) is 42.6 Å². The Hall–Kier alpha value is -2.44. The van der Waals surface area contributed by atoms with Crippen LogP contribution in [-0.4, -0.2) is 33.2 Å². The van der Waals surface area contributed by atoms with E-state index >= 15 is 0 Å². The average Bonchev–Trinajstić information content (AvgIpc) is 2.66. The molecule has 0 unspecified atom stereocenters. The summed E-state index contributed by atoms with van der Waals surface area (Å²) in [5, 5.41) is 15.7. The molecule has 3 N–H and O–H groups in total. The Labute approximate surface area is 152 Å². The second-order valence-electron chi connectivity index (χ2n) is 4.91. The van der Waals surface area contributed by atoms with Crippen LogP contribution in [0.25, 0.3) is 11.0 Å². The van der Waals surface area contributed by atoms with E-state index in [0.717, 1.165) is 5.56 Å². The number of nitrogens with one attached hydrogen (secondary N) is 2. The molecule has 2 aromatic heterocycles. The normalized spacial score (nSPS) is 10.1. The fourth-order valence-corrected chi connectivity index (χ4v) is 2.30. The molecule has 6 nitrogen and oxygen atoms in total. The molecule has 0 bridgehead atoms. The quantitative estimate of drug-likeness (QED) is 0.622. The summed E-state index contributed by atoms with van der Waals surface area (Å²) in [6.45, 7) is 5.00. The van der Waals surface area contributed by atoms with Crippen molar-refractivity contribution in [3.63, 3.8) is 0 Å². The summed E-state index contributed by atoms with van der Waals surface area (Å²) in [7, 11) is 0. The molecule has 0 atom stereocenters. The fraction of sp³-hybridized carbons (Fsp3) is 0.278. The van der Waals surface area contributed by atoms with Gasteiger partial charge in [0.1, 0.15) is 5.52 Å². The maximum Gasteiger partial charge on any atom is 0.225 e. The Morgan fingerprint density at radius 2 is 1.84 bits per heavy atom. The molecule has 0 amide bonds. The minimum atomic E-state index is 0.00195. The van der Waals surface area contributed by atoms with Gasteiger partial charge in [0.05, 0.1) is 17.1 Å². The lowest BCUT2D eigenvalue weighted by Crippen LogP contribution is -2.11. The van der Waals surface area contributed by atoms with E-state index in [-0.39, 0.29) is 6.61 Å². The molecule has 0 saturated heterocycles. The minimum Gasteiger partial charge on any atom is -0.395 e. The SMILES string of the molecule is CC.OCCNc1nc(NCc2ccccc2)c2ncc(Cl)cc2n1. The molecule has 2 heterocycles. The van der Waals surface area contributed by atoms with Crippen molar-refractivity contribution in [2.75, 3.05) is 23.8 Å². The summed E-state index contributed by atoms with van der Waals surface area (Å²) in [6, 6.07) is 11.8. The first kappa shape index (κ1) is 18.9. The molecule has 1 aromatic carbocycles. The number of aliphatic hydroxyl groups excluding tert-OH is 1. The molecule has 3 aromatic rings. The van der Waals surface area contributed by atoms with E-state index in [9.17, 15) is 0 Å². The van der Waals surface area contributed by atoms with Crippen molar-refractivity contribution in [3.8, 4) is 0 Å². The van der Waals surface area contributed by atoms with Gasteiger partial charge in [0.2, 0.25) is 5.95 Å². The topological polar surface area (TPSA) is 83.0 Å². The van der Waals surface area contributed by atoms with E-state index < -0.39 is 0 Å². The Kier molecular flexibility index (Phi) is 7.37. The number of pyridine rings is 1. The van der Waals surface area contributed by atoms with Crippen LogP contribution in [0.5, 0.6) is 0 Å². The fourth-order valence-electron chi connectivity index (χ4n) is 2.15. The zero-order chi connectivity index (χ0) is 18.1. The Bertz CT molecular complexity index is 798. The first-order valence-electron chi connectivity index (χ1n) is 8.22. The van der Waals surface area contributed by atoms with Gasteiger partial charge in [0, 0.05) is 19.3 Å². The van der Waals surface area contributed by atoms with E-state index in [1.54, 1.807) is 12.3 Å². The molecule has 0 aliphatic heterocycles. The summed E-state index contributed by atoms with van der Waals surface area (Å²) in [5.74, 6) is 1.04. The summed E-state index contributed by atoms with van der Waals surface area (Å²) < 4.78 is 0. The maximum atomic E-state index is 8.94. The average molecular weight is 360 g/mol. The molecule has 0 aliphatic carbocycles. The number of nitrogens with zero attached hydrogens (tertiary/aromatic N) is 3.